The van der Waals surface area contributed by atoms with Gasteiger partial charge < -0.3 is 18.3 Å². The molecule has 26 aromatic rings. The summed E-state index contributed by atoms with van der Waals surface area (Å²) >= 11 is 0. The molecular weight excluding hydrogens is 1540 g/mol. The molecule has 0 fully saturated rings. The van der Waals surface area contributed by atoms with Crippen molar-refractivity contribution in [1.29, 1.82) is 0 Å². The van der Waals surface area contributed by atoms with Crippen molar-refractivity contribution in [3.8, 4) is 91.2 Å². The third-order valence-electron chi connectivity index (χ3n) is 24.2. The standard InChI is InChI=1S/C43H27N7.C35H23N3.C33H21N5/c1-4-14-28(15-5-1)40-46-41(29-16-6-2-7-17-29)48-42(47-40)30-26-44-43(45-27-30)50-35-23-13-11-21-33(35)39-37(50)25-24-36-38(39)32-20-10-12-22-34(32)49(36)31-18-8-3-9-19-31;1-3-11-24(12-4-1)25-18-19-30-28(23-25)35-32(38(30)33-17-9-10-22-36-33)21-20-31-34(35)27-15-7-8-16-29(27)37(31)26-13-5-2-6-14-26;1-3-9-23(10-4-1)37-27-14-8-7-13-25(27)31-29(37)17-18-30-32(31)26-19-22(33-35-20-34-21-36-33)15-16-28(26)38(30)24-11-5-2-6-12-24/h1-27H;1-23H;1-21H. The highest BCUT2D eigenvalue weighted by atomic mass is 15.2. The fourth-order valence-corrected chi connectivity index (χ4v) is 18.9. The molecule has 0 saturated carbocycles. The zero-order valence-corrected chi connectivity index (χ0v) is 67.7. The topological polar surface area (TPSA) is 146 Å². The normalized spacial score (nSPS) is 11.7. The molecule has 10 aromatic heterocycles. The zero-order chi connectivity index (χ0) is 83.1. The number of para-hydroxylation sites is 8. The van der Waals surface area contributed by atoms with E-state index in [0.717, 1.165) is 83.7 Å². The van der Waals surface area contributed by atoms with Crippen LogP contribution in [0.4, 0.5) is 0 Å². The molecule has 0 aliphatic rings. The van der Waals surface area contributed by atoms with Crippen LogP contribution in [0.3, 0.4) is 0 Å². The summed E-state index contributed by atoms with van der Waals surface area (Å²) in [7, 11) is 0. The fraction of sp³-hybridized carbons (Fsp3) is 0. The Hall–Kier alpha value is -17.4. The van der Waals surface area contributed by atoms with Crippen LogP contribution in [0.2, 0.25) is 0 Å². The molecule has 0 radical (unpaired) electrons. The van der Waals surface area contributed by atoms with Gasteiger partial charge in [0.2, 0.25) is 5.95 Å². The first kappa shape index (κ1) is 72.6. The Balaban J connectivity index is 0.000000107. The number of aromatic nitrogens is 15. The van der Waals surface area contributed by atoms with Crippen LogP contribution in [0, 0.1) is 0 Å². The second kappa shape index (κ2) is 30.4. The molecule has 0 saturated heterocycles. The van der Waals surface area contributed by atoms with Crippen LogP contribution in [0.5, 0.6) is 0 Å². The molecule has 0 bridgehead atoms. The quantitative estimate of drug-likeness (QED) is 0.123. The third kappa shape index (κ3) is 12.1. The van der Waals surface area contributed by atoms with E-state index in [1.54, 1.807) is 12.7 Å². The first-order valence-corrected chi connectivity index (χ1v) is 42.1. The molecule has 26 rings (SSSR count). The highest BCUT2D eigenvalue weighted by Crippen LogP contribution is 2.48. The first-order chi connectivity index (χ1) is 62.6. The van der Waals surface area contributed by atoms with E-state index in [0.29, 0.717) is 34.8 Å². The van der Waals surface area contributed by atoms with E-state index in [-0.39, 0.29) is 0 Å². The van der Waals surface area contributed by atoms with Gasteiger partial charge in [-0.1, -0.05) is 249 Å². The van der Waals surface area contributed by atoms with Gasteiger partial charge in [0.05, 0.1) is 71.8 Å². The van der Waals surface area contributed by atoms with E-state index in [4.69, 9.17) is 29.9 Å². The minimum Gasteiger partial charge on any atom is -0.309 e. The lowest BCUT2D eigenvalue weighted by Gasteiger charge is -2.09. The predicted octanol–water partition coefficient (Wildman–Crippen LogP) is 26.5. The molecule has 0 aliphatic carbocycles. The molecule has 0 N–H and O–H groups in total. The van der Waals surface area contributed by atoms with Crippen molar-refractivity contribution < 1.29 is 0 Å². The van der Waals surface area contributed by atoms with Crippen LogP contribution < -0.4 is 0 Å². The van der Waals surface area contributed by atoms with Gasteiger partial charge in [0, 0.05) is 123 Å². The van der Waals surface area contributed by atoms with Gasteiger partial charge in [-0.25, -0.2) is 44.9 Å². The number of nitrogens with zero attached hydrogens (tertiary/aromatic N) is 15. The lowest BCUT2D eigenvalue weighted by atomic mass is 10.0. The fourth-order valence-electron chi connectivity index (χ4n) is 18.9. The maximum Gasteiger partial charge on any atom is 0.234 e. The Morgan fingerprint density at radius 1 is 0.175 bits per heavy atom. The van der Waals surface area contributed by atoms with Crippen LogP contribution in [0.1, 0.15) is 0 Å². The highest BCUT2D eigenvalue weighted by molar-refractivity contribution is 6.32. The van der Waals surface area contributed by atoms with Crippen molar-refractivity contribution in [2.75, 3.05) is 0 Å². The van der Waals surface area contributed by atoms with E-state index in [1.165, 1.54) is 103 Å². The Bertz CT molecular complexity index is 8290. The molecule has 126 heavy (non-hydrogen) atoms. The molecule has 16 aromatic carbocycles. The maximum atomic E-state index is 4.94. The Morgan fingerprint density at radius 3 is 0.865 bits per heavy atom. The molecule has 0 atom stereocenters. The number of pyridine rings is 1. The van der Waals surface area contributed by atoms with Crippen molar-refractivity contribution in [3.63, 3.8) is 0 Å². The third-order valence-corrected chi connectivity index (χ3v) is 24.2. The summed E-state index contributed by atoms with van der Waals surface area (Å²) in [4.78, 5) is 42.1. The molecule has 0 amide bonds. The van der Waals surface area contributed by atoms with E-state index >= 15 is 0 Å². The van der Waals surface area contributed by atoms with Crippen molar-refractivity contribution in [1.82, 2.24) is 72.3 Å². The molecule has 10 heterocycles. The van der Waals surface area contributed by atoms with Crippen molar-refractivity contribution in [2.24, 2.45) is 0 Å². The highest BCUT2D eigenvalue weighted by Gasteiger charge is 2.27. The molecule has 0 aliphatic heterocycles. The number of rotatable bonds is 11. The van der Waals surface area contributed by atoms with Gasteiger partial charge in [-0.2, -0.15) is 0 Å². The average Bonchev–Trinajstić information content (AvgIpc) is 1.56. The largest absolute Gasteiger partial charge is 0.309 e. The zero-order valence-electron chi connectivity index (χ0n) is 67.7. The molecular formula is C111H71N15. The summed E-state index contributed by atoms with van der Waals surface area (Å²) in [5, 5.41) is 14.6. The van der Waals surface area contributed by atoms with Gasteiger partial charge >= 0.3 is 0 Å². The Labute approximate surface area is 721 Å². The summed E-state index contributed by atoms with van der Waals surface area (Å²) in [5.74, 6) is 3.88. The Kier molecular flexibility index (Phi) is 17.5. The minimum absolute atomic E-state index is 0.516. The molecule has 0 spiro atoms. The van der Waals surface area contributed by atoms with Crippen LogP contribution in [0.25, 0.3) is 222 Å². The van der Waals surface area contributed by atoms with E-state index in [9.17, 15) is 0 Å². The first-order valence-electron chi connectivity index (χ1n) is 42.1. The van der Waals surface area contributed by atoms with Crippen molar-refractivity contribution in [3.05, 3.63) is 432 Å². The second-order valence-electron chi connectivity index (χ2n) is 31.3. The number of hydrogen-bond acceptors (Lipinski definition) is 9. The average molecular weight is 1610 g/mol. The minimum atomic E-state index is 0.516. The van der Waals surface area contributed by atoms with Crippen LogP contribution in [-0.4, -0.2) is 72.3 Å². The number of benzene rings is 16. The summed E-state index contributed by atoms with van der Waals surface area (Å²) in [6.07, 6.45) is 8.57. The summed E-state index contributed by atoms with van der Waals surface area (Å²) in [5.41, 5.74) is 24.3. The summed E-state index contributed by atoms with van der Waals surface area (Å²) < 4.78 is 13.9. The van der Waals surface area contributed by atoms with Crippen molar-refractivity contribution >= 4 is 131 Å². The molecule has 0 unspecified atom stereocenters. The van der Waals surface area contributed by atoms with E-state index < -0.39 is 0 Å². The van der Waals surface area contributed by atoms with E-state index in [2.05, 4.69) is 376 Å². The summed E-state index contributed by atoms with van der Waals surface area (Å²) in [6.45, 7) is 0. The monoisotopic (exact) mass is 1610 g/mol. The number of hydrogen-bond donors (Lipinski definition) is 0. The van der Waals surface area contributed by atoms with Crippen LogP contribution >= 0.6 is 0 Å². The maximum absolute atomic E-state index is 4.94. The smallest absolute Gasteiger partial charge is 0.234 e. The Morgan fingerprint density at radius 2 is 0.468 bits per heavy atom. The lowest BCUT2D eigenvalue weighted by Crippen LogP contribution is -2.03. The molecule has 15 nitrogen and oxygen atoms in total. The van der Waals surface area contributed by atoms with Gasteiger partial charge in [0.25, 0.3) is 0 Å². The van der Waals surface area contributed by atoms with Gasteiger partial charge in [-0.05, 0) is 163 Å². The summed E-state index contributed by atoms with van der Waals surface area (Å²) in [6, 6.07) is 140. The lowest BCUT2D eigenvalue weighted by molar-refractivity contribution is 0.982. The van der Waals surface area contributed by atoms with Crippen LogP contribution in [0.15, 0.2) is 432 Å². The van der Waals surface area contributed by atoms with Gasteiger partial charge in [-0.15, -0.1) is 0 Å². The molecule has 15 heteroatoms. The molecule has 590 valence electrons. The van der Waals surface area contributed by atoms with Crippen LogP contribution in [-0.2, 0) is 0 Å². The second-order valence-corrected chi connectivity index (χ2v) is 31.3. The van der Waals surface area contributed by atoms with E-state index in [1.807, 2.05) is 85.3 Å². The van der Waals surface area contributed by atoms with Crippen molar-refractivity contribution in [2.45, 2.75) is 0 Å². The predicted molar refractivity (Wildman–Crippen MR) is 513 cm³/mol. The van der Waals surface area contributed by atoms with Gasteiger partial charge in [0.1, 0.15) is 18.5 Å². The SMILES string of the molecule is c1ccc(-c2ccc3c(c2)c2c4c5ccccc5n(-c5ccccc5)c4ccc2n3-c2ccccn2)cc1.c1ccc(-c2nc(-c3ccccc3)nc(-c3cnc(-n4c5ccccc5c5c6c7ccccc7n(-c7ccccc7)c6ccc54)nc3)n2)cc1.c1ccc(-n2c3ccccc3c3c4c5cc(-c6ncncn6)ccc5n(-c5ccccc5)c4ccc32)cc1. The van der Waals surface area contributed by atoms with Gasteiger partial charge in [-0.3, -0.25) is 9.13 Å². The number of fused-ring (bicyclic) bond motifs is 21. The van der Waals surface area contributed by atoms with Gasteiger partial charge in [0.15, 0.2) is 23.3 Å².